The van der Waals surface area contributed by atoms with E-state index < -0.39 is 0 Å². The Morgan fingerprint density at radius 2 is 1.91 bits per heavy atom. The highest BCUT2D eigenvalue weighted by atomic mass is 32.1. The lowest BCUT2D eigenvalue weighted by atomic mass is 9.87. The molecule has 10 heteroatoms. The molecule has 1 fully saturated rings. The molecule has 2 aromatic carbocycles. The van der Waals surface area contributed by atoms with Crippen molar-refractivity contribution in [3.8, 4) is 0 Å². The molecule has 1 aromatic heterocycles. The molecule has 0 atom stereocenters. The number of nitrogens with one attached hydrogen (secondary N) is 3. The zero-order chi connectivity index (χ0) is 22.9. The number of hydrogen-bond donors (Lipinski definition) is 4. The van der Waals surface area contributed by atoms with Crippen molar-refractivity contribution in [2.45, 2.75) is 12.9 Å². The first kappa shape index (κ1) is 23.3. The molecule has 0 spiro atoms. The Labute approximate surface area is 198 Å². The molecule has 1 amide bonds. The van der Waals surface area contributed by atoms with Crippen LogP contribution in [0.2, 0.25) is 0 Å². The van der Waals surface area contributed by atoms with Crippen molar-refractivity contribution in [1.82, 2.24) is 10.3 Å². The van der Waals surface area contributed by atoms with Crippen LogP contribution < -0.4 is 20.9 Å². The number of thiazole rings is 1. The SMILES string of the molecule is O=C(CNCc1cc(Nc2ccc(N3CCOCC3)cc2)ccc1CBO)Nc1nccs1. The second-order valence-corrected chi connectivity index (χ2v) is 8.61. The lowest BCUT2D eigenvalue weighted by molar-refractivity contribution is -0.115. The van der Waals surface area contributed by atoms with Crippen LogP contribution in [0.25, 0.3) is 0 Å². The van der Waals surface area contributed by atoms with E-state index in [0.29, 0.717) is 18.0 Å². The molecule has 0 aliphatic carbocycles. The van der Waals surface area contributed by atoms with E-state index in [1.807, 2.05) is 17.5 Å². The Bertz CT molecular complexity index is 1030. The highest BCUT2D eigenvalue weighted by Gasteiger charge is 2.11. The van der Waals surface area contributed by atoms with Crippen LogP contribution in [-0.4, -0.2) is 56.2 Å². The summed E-state index contributed by atoms with van der Waals surface area (Å²) in [6.07, 6.45) is 2.22. The molecule has 4 rings (SSSR count). The van der Waals surface area contributed by atoms with Crippen LogP contribution in [0, 0.1) is 0 Å². The number of carbonyl (C=O) groups is 1. The molecule has 0 saturated carbocycles. The van der Waals surface area contributed by atoms with E-state index >= 15 is 0 Å². The van der Waals surface area contributed by atoms with Crippen molar-refractivity contribution in [2.24, 2.45) is 0 Å². The molecule has 8 nitrogen and oxygen atoms in total. The van der Waals surface area contributed by atoms with E-state index in [1.165, 1.54) is 17.0 Å². The van der Waals surface area contributed by atoms with Crippen molar-refractivity contribution >= 4 is 46.9 Å². The quantitative estimate of drug-likeness (QED) is 0.341. The minimum Gasteiger partial charge on any atom is -0.454 e. The highest BCUT2D eigenvalue weighted by molar-refractivity contribution is 7.13. The van der Waals surface area contributed by atoms with Crippen LogP contribution in [0.15, 0.2) is 54.0 Å². The van der Waals surface area contributed by atoms with Crippen LogP contribution in [0.4, 0.5) is 22.2 Å². The second kappa shape index (κ2) is 11.8. The molecule has 0 unspecified atom stereocenters. The fraction of sp³-hybridized carbons (Fsp3) is 0.304. The summed E-state index contributed by atoms with van der Waals surface area (Å²) in [4.78, 5) is 18.5. The maximum atomic E-state index is 12.1. The van der Waals surface area contributed by atoms with E-state index in [1.54, 1.807) is 6.20 Å². The topological polar surface area (TPSA) is 98.8 Å². The highest BCUT2D eigenvalue weighted by Crippen LogP contribution is 2.24. The summed E-state index contributed by atoms with van der Waals surface area (Å²) in [5.41, 5.74) is 5.26. The van der Waals surface area contributed by atoms with Gasteiger partial charge in [-0.05, 0) is 53.8 Å². The first-order valence-corrected chi connectivity index (χ1v) is 11.9. The predicted octanol–water partition coefficient (Wildman–Crippen LogP) is 2.30. The van der Waals surface area contributed by atoms with Crippen molar-refractivity contribution < 1.29 is 14.6 Å². The van der Waals surface area contributed by atoms with Crippen LogP contribution in [0.3, 0.4) is 0 Å². The summed E-state index contributed by atoms with van der Waals surface area (Å²) in [5, 5.41) is 21.2. The number of carbonyl (C=O) groups excluding carboxylic acids is 1. The van der Waals surface area contributed by atoms with Gasteiger partial charge >= 0.3 is 0 Å². The number of rotatable bonds is 10. The van der Waals surface area contributed by atoms with Crippen molar-refractivity contribution in [2.75, 3.05) is 48.4 Å². The maximum absolute atomic E-state index is 12.1. The van der Waals surface area contributed by atoms with Crippen LogP contribution in [0.5, 0.6) is 0 Å². The number of benzene rings is 2. The monoisotopic (exact) mass is 465 g/mol. The Hall–Kier alpha value is -2.92. The number of hydrogen-bond acceptors (Lipinski definition) is 8. The first-order valence-electron chi connectivity index (χ1n) is 11.0. The minimum atomic E-state index is -0.136. The van der Waals surface area contributed by atoms with Crippen LogP contribution in [-0.2, 0) is 22.4 Å². The van der Waals surface area contributed by atoms with Gasteiger partial charge in [-0.15, -0.1) is 11.3 Å². The predicted molar refractivity (Wildman–Crippen MR) is 135 cm³/mol. The van der Waals surface area contributed by atoms with Gasteiger partial charge in [0.15, 0.2) is 5.13 Å². The van der Waals surface area contributed by atoms with Gasteiger partial charge in [0.05, 0.1) is 19.8 Å². The number of ether oxygens (including phenoxy) is 1. The van der Waals surface area contributed by atoms with E-state index in [9.17, 15) is 9.82 Å². The van der Waals surface area contributed by atoms with E-state index in [0.717, 1.165) is 48.8 Å². The molecule has 0 radical (unpaired) electrons. The van der Waals surface area contributed by atoms with Gasteiger partial charge in [-0.2, -0.15) is 0 Å². The molecule has 0 bridgehead atoms. The Kier molecular flexibility index (Phi) is 8.32. The number of anilines is 4. The first-order chi connectivity index (χ1) is 16.2. The van der Waals surface area contributed by atoms with Crippen molar-refractivity contribution in [3.05, 3.63) is 65.2 Å². The van der Waals surface area contributed by atoms with Crippen molar-refractivity contribution in [1.29, 1.82) is 0 Å². The molecule has 3 aromatic rings. The van der Waals surface area contributed by atoms with Gasteiger partial charge in [0.2, 0.25) is 5.91 Å². The summed E-state index contributed by atoms with van der Waals surface area (Å²) in [7, 11) is 0.0767. The third-order valence-electron chi connectivity index (χ3n) is 5.40. The standard InChI is InChI=1S/C23H28BN5O3S/c30-22(28-23-26-7-12-33-23)16-25-15-18-13-20(2-1-17(18)14-24-31)27-19-3-5-21(6-4-19)29-8-10-32-11-9-29/h1-7,12-13,24-25,27,31H,8-11,14-16H2,(H,26,28,30). The Morgan fingerprint density at radius 3 is 2.64 bits per heavy atom. The smallest absolute Gasteiger partial charge is 0.275 e. The summed E-state index contributed by atoms with van der Waals surface area (Å²) in [6, 6.07) is 14.5. The van der Waals surface area contributed by atoms with E-state index in [4.69, 9.17) is 4.74 Å². The molecule has 33 heavy (non-hydrogen) atoms. The normalized spacial score (nSPS) is 13.5. The maximum Gasteiger partial charge on any atom is 0.275 e. The minimum absolute atomic E-state index is 0.0767. The van der Waals surface area contributed by atoms with Crippen LogP contribution in [0.1, 0.15) is 11.1 Å². The van der Waals surface area contributed by atoms with Gasteiger partial charge in [-0.3, -0.25) is 4.79 Å². The Morgan fingerprint density at radius 1 is 1.12 bits per heavy atom. The fourth-order valence-corrected chi connectivity index (χ4v) is 4.28. The largest absolute Gasteiger partial charge is 0.454 e. The fourth-order valence-electron chi connectivity index (χ4n) is 3.74. The number of morpholine rings is 1. The zero-order valence-electron chi connectivity index (χ0n) is 18.4. The summed E-state index contributed by atoms with van der Waals surface area (Å²) < 4.78 is 5.43. The summed E-state index contributed by atoms with van der Waals surface area (Å²) in [6.45, 7) is 4.06. The zero-order valence-corrected chi connectivity index (χ0v) is 19.2. The molecule has 1 aliphatic rings. The molecular weight excluding hydrogens is 437 g/mol. The van der Waals surface area contributed by atoms with Gasteiger partial charge in [-0.25, -0.2) is 4.98 Å². The molecule has 4 N–H and O–H groups in total. The van der Waals surface area contributed by atoms with Crippen LogP contribution >= 0.6 is 11.3 Å². The third-order valence-corrected chi connectivity index (χ3v) is 6.09. The lowest BCUT2D eigenvalue weighted by Gasteiger charge is -2.29. The van der Waals surface area contributed by atoms with Gasteiger partial charge in [-0.1, -0.05) is 6.07 Å². The summed E-state index contributed by atoms with van der Waals surface area (Å²) >= 11 is 1.39. The molecule has 1 aliphatic heterocycles. The van der Waals surface area contributed by atoms with Gasteiger partial charge in [0.25, 0.3) is 7.48 Å². The number of amides is 1. The lowest BCUT2D eigenvalue weighted by Crippen LogP contribution is -2.36. The molecular formula is C23H28BN5O3S. The van der Waals surface area contributed by atoms with Gasteiger partial charge in [0, 0.05) is 48.3 Å². The average Bonchev–Trinajstić information content (AvgIpc) is 3.35. The van der Waals surface area contributed by atoms with Crippen molar-refractivity contribution in [3.63, 3.8) is 0 Å². The third kappa shape index (κ3) is 6.78. The van der Waals surface area contributed by atoms with Gasteiger partial charge in [0.1, 0.15) is 0 Å². The number of aromatic nitrogens is 1. The van der Waals surface area contributed by atoms with E-state index in [-0.39, 0.29) is 19.9 Å². The molecule has 1 saturated heterocycles. The average molecular weight is 465 g/mol. The molecule has 172 valence electrons. The van der Waals surface area contributed by atoms with Gasteiger partial charge < -0.3 is 30.6 Å². The number of nitrogens with zero attached hydrogens (tertiary/aromatic N) is 2. The summed E-state index contributed by atoms with van der Waals surface area (Å²) in [5.74, 6) is -0.136. The molecule has 2 heterocycles. The Balaban J connectivity index is 1.36. The second-order valence-electron chi connectivity index (χ2n) is 7.72. The van der Waals surface area contributed by atoms with E-state index in [2.05, 4.69) is 56.2 Å².